The zero-order chi connectivity index (χ0) is 18.6. The van der Waals surface area contributed by atoms with Gasteiger partial charge in [0.2, 0.25) is 0 Å². The highest BCUT2D eigenvalue weighted by Gasteiger charge is 2.41. The summed E-state index contributed by atoms with van der Waals surface area (Å²) in [6.45, 7) is 5.41. The van der Waals surface area contributed by atoms with Gasteiger partial charge in [-0.05, 0) is 13.3 Å². The van der Waals surface area contributed by atoms with Gasteiger partial charge in [0.1, 0.15) is 29.7 Å². The number of imidazole rings is 1. The molecule has 4 atom stereocenters. The van der Waals surface area contributed by atoms with Crippen LogP contribution in [0.3, 0.4) is 0 Å². The quantitative estimate of drug-likeness (QED) is 0.372. The molecular weight excluding hydrogens is 330 g/mol. The number of nitrogens with one attached hydrogen (secondary N) is 1. The fourth-order valence-corrected chi connectivity index (χ4v) is 2.22. The summed E-state index contributed by atoms with van der Waals surface area (Å²) in [7, 11) is 0. The highest BCUT2D eigenvalue weighted by molar-refractivity contribution is 5.80. The smallest absolute Gasteiger partial charge is 0.184 e. The second kappa shape index (κ2) is 8.32. The van der Waals surface area contributed by atoms with E-state index >= 15 is 0 Å². The Morgan fingerprint density at radius 2 is 2.04 bits per heavy atom. The third-order valence-electron chi connectivity index (χ3n) is 3.65. The molecule has 2 aromatic heterocycles. The summed E-state index contributed by atoms with van der Waals surface area (Å²) in [4.78, 5) is 15.5. The molecule has 1 aliphatic rings. The molecule has 2 aromatic rings. The lowest BCUT2D eigenvalue weighted by molar-refractivity contribution is -0.132. The number of nitrogens with zero attached hydrogens (tertiary/aromatic N) is 3. The van der Waals surface area contributed by atoms with Crippen LogP contribution in [0.2, 0.25) is 0 Å². The van der Waals surface area contributed by atoms with Crippen molar-refractivity contribution in [1.82, 2.24) is 19.9 Å². The summed E-state index contributed by atoms with van der Waals surface area (Å²) in [5.41, 5.74) is 8.20. The van der Waals surface area contributed by atoms with E-state index in [1.54, 1.807) is 6.33 Å². The molecule has 10 nitrogen and oxygen atoms in total. The maximum Gasteiger partial charge on any atom is 0.184 e. The zero-order valence-electron chi connectivity index (χ0n) is 13.8. The minimum Gasteiger partial charge on any atom is -0.394 e. The number of hydrogen-bond acceptors (Lipinski definition) is 9. The Labute approximate surface area is 144 Å². The van der Waals surface area contributed by atoms with Crippen LogP contribution in [-0.2, 0) is 11.2 Å². The van der Waals surface area contributed by atoms with Gasteiger partial charge in [0.15, 0.2) is 17.8 Å². The lowest BCUT2D eigenvalue weighted by atomic mass is 10.1. The molecule has 1 unspecified atom stereocenters. The first kappa shape index (κ1) is 19.2. The standard InChI is InChI=1S/C10H13N5.C5H10O5/c1-6(2)3-4-7-14-9(11)8-10(15-7)13-5-12-8;6-1-2-3(7)4(8)5(9)10-2/h5H,1,3-4H2,2H3,(H3,11,12,13,14,15);2-9H,1H2/t;2-,3-,4-,5?/m.1/s1. The van der Waals surface area contributed by atoms with Gasteiger partial charge in [-0.2, -0.15) is 0 Å². The number of ether oxygens (including phenoxy) is 1. The molecule has 0 aliphatic carbocycles. The van der Waals surface area contributed by atoms with Crippen molar-refractivity contribution in [3.05, 3.63) is 24.3 Å². The Morgan fingerprint density at radius 1 is 1.32 bits per heavy atom. The Kier molecular flexibility index (Phi) is 6.39. The van der Waals surface area contributed by atoms with Crippen molar-refractivity contribution in [2.45, 2.75) is 44.4 Å². The van der Waals surface area contributed by atoms with Crippen LogP contribution in [0, 0.1) is 0 Å². The molecule has 10 heteroatoms. The maximum absolute atomic E-state index is 8.93. The predicted molar refractivity (Wildman–Crippen MR) is 89.2 cm³/mol. The van der Waals surface area contributed by atoms with Gasteiger partial charge in [0.05, 0.1) is 12.9 Å². The van der Waals surface area contributed by atoms with E-state index in [1.165, 1.54) is 0 Å². The Balaban J connectivity index is 0.000000196. The number of aryl methyl sites for hydroxylation is 1. The van der Waals surface area contributed by atoms with E-state index in [0.717, 1.165) is 24.2 Å². The van der Waals surface area contributed by atoms with E-state index in [4.69, 9.17) is 26.2 Å². The number of nitrogen functional groups attached to an aromatic ring is 1. The average Bonchev–Trinajstić information content (AvgIpc) is 3.14. The van der Waals surface area contributed by atoms with Crippen LogP contribution < -0.4 is 5.73 Å². The number of aliphatic hydroxyl groups excluding tert-OH is 4. The number of anilines is 1. The average molecular weight is 353 g/mol. The van der Waals surface area contributed by atoms with Crippen LogP contribution in [-0.4, -0.2) is 71.6 Å². The topological polar surface area (TPSA) is 171 Å². The van der Waals surface area contributed by atoms with Crippen molar-refractivity contribution in [3.63, 3.8) is 0 Å². The van der Waals surface area contributed by atoms with E-state index < -0.39 is 31.2 Å². The summed E-state index contributed by atoms with van der Waals surface area (Å²) >= 11 is 0. The van der Waals surface area contributed by atoms with Crippen LogP contribution in [0.15, 0.2) is 18.5 Å². The second-order valence-electron chi connectivity index (χ2n) is 5.81. The molecule has 0 saturated carbocycles. The molecule has 25 heavy (non-hydrogen) atoms. The molecule has 0 spiro atoms. The van der Waals surface area contributed by atoms with Crippen molar-refractivity contribution >= 4 is 17.0 Å². The van der Waals surface area contributed by atoms with Gasteiger partial charge < -0.3 is 35.9 Å². The third-order valence-corrected chi connectivity index (χ3v) is 3.65. The van der Waals surface area contributed by atoms with Gasteiger partial charge >= 0.3 is 0 Å². The molecule has 0 radical (unpaired) electrons. The van der Waals surface area contributed by atoms with Crippen LogP contribution in [0.1, 0.15) is 19.2 Å². The number of hydrogen-bond donors (Lipinski definition) is 6. The molecule has 0 aromatic carbocycles. The van der Waals surface area contributed by atoms with Gasteiger partial charge in [-0.3, -0.25) is 0 Å². The number of fused-ring (bicyclic) bond motifs is 1. The number of aromatic nitrogens is 4. The van der Waals surface area contributed by atoms with Crippen LogP contribution in [0.4, 0.5) is 5.82 Å². The molecule has 1 aliphatic heterocycles. The molecule has 1 saturated heterocycles. The highest BCUT2D eigenvalue weighted by atomic mass is 16.6. The lowest BCUT2D eigenvalue weighted by Crippen LogP contribution is -2.33. The van der Waals surface area contributed by atoms with Gasteiger partial charge in [0.25, 0.3) is 0 Å². The molecule has 0 amide bonds. The number of allylic oxidation sites excluding steroid dienone is 1. The third kappa shape index (κ3) is 4.71. The van der Waals surface area contributed by atoms with Crippen LogP contribution >= 0.6 is 0 Å². The number of rotatable bonds is 4. The number of nitrogens with two attached hydrogens (primary N) is 1. The number of H-pyrrole nitrogens is 1. The fraction of sp³-hybridized carbons (Fsp3) is 0.533. The van der Waals surface area contributed by atoms with Gasteiger partial charge in [0, 0.05) is 6.42 Å². The van der Waals surface area contributed by atoms with Crippen molar-refractivity contribution < 1.29 is 25.2 Å². The minimum atomic E-state index is -1.38. The minimum absolute atomic E-state index is 0.407. The van der Waals surface area contributed by atoms with Crippen molar-refractivity contribution in [1.29, 1.82) is 0 Å². The normalized spacial score (nSPS) is 25.6. The molecule has 0 bridgehead atoms. The fourth-order valence-electron chi connectivity index (χ4n) is 2.22. The van der Waals surface area contributed by atoms with Crippen molar-refractivity contribution in [2.75, 3.05) is 12.3 Å². The molecule has 138 valence electrons. The van der Waals surface area contributed by atoms with Gasteiger partial charge in [-0.15, -0.1) is 6.58 Å². The summed E-state index contributed by atoms with van der Waals surface area (Å²) in [6, 6.07) is 0. The maximum atomic E-state index is 8.93. The van der Waals surface area contributed by atoms with Crippen molar-refractivity contribution in [2.24, 2.45) is 0 Å². The Morgan fingerprint density at radius 3 is 2.56 bits per heavy atom. The van der Waals surface area contributed by atoms with Crippen LogP contribution in [0.5, 0.6) is 0 Å². The lowest BCUT2D eigenvalue weighted by Gasteiger charge is -2.09. The van der Waals surface area contributed by atoms with Crippen LogP contribution in [0.25, 0.3) is 11.2 Å². The van der Waals surface area contributed by atoms with E-state index in [-0.39, 0.29) is 0 Å². The SMILES string of the molecule is C=C(C)CCc1nc(N)c2[nH]cnc2n1.OC[C@H]1OC(O)[C@H](O)[C@@H]1O. The van der Waals surface area contributed by atoms with E-state index in [1.807, 2.05) is 6.92 Å². The van der Waals surface area contributed by atoms with Gasteiger partial charge in [-0.25, -0.2) is 15.0 Å². The first-order valence-electron chi connectivity index (χ1n) is 7.73. The zero-order valence-corrected chi connectivity index (χ0v) is 13.8. The van der Waals surface area contributed by atoms with Crippen molar-refractivity contribution in [3.8, 4) is 0 Å². The molecular formula is C15H23N5O5. The predicted octanol–water partition coefficient (Wildman–Crippen LogP) is -1.14. The molecule has 1 fully saturated rings. The molecule has 3 heterocycles. The molecule has 7 N–H and O–H groups in total. The first-order valence-corrected chi connectivity index (χ1v) is 7.73. The summed E-state index contributed by atoms with van der Waals surface area (Å²) in [6.07, 6.45) is -1.56. The molecule has 3 rings (SSSR count). The van der Waals surface area contributed by atoms with Gasteiger partial charge in [-0.1, -0.05) is 5.57 Å². The first-order chi connectivity index (χ1) is 11.8. The van der Waals surface area contributed by atoms with E-state index in [2.05, 4.69) is 31.3 Å². The van der Waals surface area contributed by atoms with E-state index in [0.29, 0.717) is 17.0 Å². The Hall–Kier alpha value is -2.11. The van der Waals surface area contributed by atoms with E-state index in [9.17, 15) is 0 Å². The summed E-state index contributed by atoms with van der Waals surface area (Å²) in [5.74, 6) is 1.17. The largest absolute Gasteiger partial charge is 0.394 e. The summed E-state index contributed by atoms with van der Waals surface area (Å²) < 4.78 is 4.54. The number of aromatic amines is 1. The number of aliphatic hydroxyl groups is 4. The monoisotopic (exact) mass is 353 g/mol. The summed E-state index contributed by atoms with van der Waals surface area (Å²) in [5, 5.41) is 35.0. The highest BCUT2D eigenvalue weighted by Crippen LogP contribution is 2.18. The second-order valence-corrected chi connectivity index (χ2v) is 5.81. The Bertz CT molecular complexity index is 721.